The second-order valence-corrected chi connectivity index (χ2v) is 5.28. The normalized spacial score (nSPS) is 20.3. The maximum atomic E-state index is 11.9. The topological polar surface area (TPSA) is 52.6 Å². The van der Waals surface area contributed by atoms with Gasteiger partial charge in [-0.1, -0.05) is 26.0 Å². The van der Waals surface area contributed by atoms with Gasteiger partial charge in [0, 0.05) is 18.8 Å². The van der Waals surface area contributed by atoms with E-state index in [2.05, 4.69) is 31.3 Å². The molecule has 0 spiro atoms. The third kappa shape index (κ3) is 3.07. The number of carbonyl (C=O) groups excluding carboxylic acids is 1. The third-order valence-electron chi connectivity index (χ3n) is 3.62. The highest BCUT2D eigenvalue weighted by Crippen LogP contribution is 2.22. The number of aliphatic hydroxyl groups is 1. The van der Waals surface area contributed by atoms with Crippen molar-refractivity contribution < 1.29 is 9.90 Å². The molecule has 104 valence electrons. The first-order valence-electron chi connectivity index (χ1n) is 6.88. The van der Waals surface area contributed by atoms with Gasteiger partial charge in [-0.3, -0.25) is 4.79 Å². The SMILES string of the molecule is CC(C)c1ccc(N2CCCNC(=O)C2CO)cc1. The van der Waals surface area contributed by atoms with Gasteiger partial charge >= 0.3 is 0 Å². The van der Waals surface area contributed by atoms with Crippen LogP contribution in [0.5, 0.6) is 0 Å². The molecular weight excluding hydrogens is 240 g/mol. The first-order valence-corrected chi connectivity index (χ1v) is 6.88. The Bertz CT molecular complexity index is 428. The van der Waals surface area contributed by atoms with Crippen molar-refractivity contribution >= 4 is 11.6 Å². The predicted octanol–water partition coefficient (Wildman–Crippen LogP) is 1.50. The number of nitrogens with one attached hydrogen (secondary N) is 1. The zero-order chi connectivity index (χ0) is 13.8. The maximum absolute atomic E-state index is 11.9. The summed E-state index contributed by atoms with van der Waals surface area (Å²) in [4.78, 5) is 13.9. The fraction of sp³-hybridized carbons (Fsp3) is 0.533. The Morgan fingerprint density at radius 3 is 2.63 bits per heavy atom. The number of rotatable bonds is 3. The molecule has 1 fully saturated rings. The monoisotopic (exact) mass is 262 g/mol. The van der Waals surface area contributed by atoms with Crippen LogP contribution in [0.4, 0.5) is 5.69 Å². The summed E-state index contributed by atoms with van der Waals surface area (Å²) < 4.78 is 0. The van der Waals surface area contributed by atoms with Gasteiger partial charge < -0.3 is 15.3 Å². The van der Waals surface area contributed by atoms with Gasteiger partial charge in [0.2, 0.25) is 5.91 Å². The third-order valence-corrected chi connectivity index (χ3v) is 3.62. The van der Waals surface area contributed by atoms with Gasteiger partial charge in [-0.2, -0.15) is 0 Å². The molecule has 0 aliphatic carbocycles. The summed E-state index contributed by atoms with van der Waals surface area (Å²) in [6, 6.07) is 7.79. The minimum atomic E-state index is -0.479. The maximum Gasteiger partial charge on any atom is 0.245 e. The molecule has 1 aromatic carbocycles. The minimum Gasteiger partial charge on any atom is -0.394 e. The molecule has 0 bridgehead atoms. The fourth-order valence-corrected chi connectivity index (χ4v) is 2.42. The van der Waals surface area contributed by atoms with Gasteiger partial charge in [-0.25, -0.2) is 0 Å². The van der Waals surface area contributed by atoms with Crippen LogP contribution in [0.15, 0.2) is 24.3 Å². The van der Waals surface area contributed by atoms with Crippen molar-refractivity contribution in [3.8, 4) is 0 Å². The molecule has 1 aromatic rings. The Balaban J connectivity index is 2.24. The Morgan fingerprint density at radius 1 is 1.37 bits per heavy atom. The van der Waals surface area contributed by atoms with E-state index in [1.165, 1.54) is 5.56 Å². The van der Waals surface area contributed by atoms with E-state index < -0.39 is 6.04 Å². The molecule has 1 aliphatic rings. The standard InChI is InChI=1S/C15H22N2O2/c1-11(2)12-4-6-13(7-5-12)17-9-3-8-16-15(19)14(17)10-18/h4-7,11,14,18H,3,8-10H2,1-2H3,(H,16,19). The van der Waals surface area contributed by atoms with Crippen molar-refractivity contribution in [3.63, 3.8) is 0 Å². The molecule has 1 unspecified atom stereocenters. The number of nitrogens with zero attached hydrogens (tertiary/aromatic N) is 1. The van der Waals surface area contributed by atoms with Gasteiger partial charge in [-0.15, -0.1) is 0 Å². The van der Waals surface area contributed by atoms with Crippen molar-refractivity contribution in [2.24, 2.45) is 0 Å². The number of amides is 1. The highest BCUT2D eigenvalue weighted by atomic mass is 16.3. The van der Waals surface area contributed by atoms with Crippen LogP contribution in [0.25, 0.3) is 0 Å². The zero-order valence-electron chi connectivity index (χ0n) is 11.6. The summed E-state index contributed by atoms with van der Waals surface area (Å²) in [6.45, 7) is 5.62. The predicted molar refractivity (Wildman–Crippen MR) is 76.4 cm³/mol. The first kappa shape index (κ1) is 13.9. The van der Waals surface area contributed by atoms with Gasteiger partial charge in [0.25, 0.3) is 0 Å². The zero-order valence-corrected chi connectivity index (χ0v) is 11.6. The number of hydrogen-bond donors (Lipinski definition) is 2. The summed E-state index contributed by atoms with van der Waals surface area (Å²) in [5.74, 6) is 0.406. The Hall–Kier alpha value is -1.55. The lowest BCUT2D eigenvalue weighted by Crippen LogP contribution is -2.46. The van der Waals surface area contributed by atoms with E-state index in [0.717, 1.165) is 18.7 Å². The Labute approximate surface area is 114 Å². The van der Waals surface area contributed by atoms with Crippen LogP contribution in [0.3, 0.4) is 0 Å². The second kappa shape index (κ2) is 6.06. The average Bonchev–Trinajstić information content (AvgIpc) is 2.60. The molecule has 19 heavy (non-hydrogen) atoms. The van der Waals surface area contributed by atoms with Crippen LogP contribution in [0, 0.1) is 0 Å². The molecule has 0 radical (unpaired) electrons. The van der Waals surface area contributed by atoms with Crippen LogP contribution < -0.4 is 10.2 Å². The van der Waals surface area contributed by atoms with Gasteiger partial charge in [0.15, 0.2) is 0 Å². The molecule has 1 amide bonds. The summed E-state index contributed by atoms with van der Waals surface area (Å²) in [5.41, 5.74) is 2.28. The van der Waals surface area contributed by atoms with E-state index in [9.17, 15) is 9.90 Å². The average molecular weight is 262 g/mol. The molecule has 1 atom stereocenters. The van der Waals surface area contributed by atoms with Crippen molar-refractivity contribution in [2.45, 2.75) is 32.2 Å². The lowest BCUT2D eigenvalue weighted by atomic mass is 10.0. The summed E-state index contributed by atoms with van der Waals surface area (Å²) in [6.07, 6.45) is 0.897. The van der Waals surface area contributed by atoms with Crippen LogP contribution in [0.1, 0.15) is 31.7 Å². The molecule has 4 heteroatoms. The Kier molecular flexibility index (Phi) is 4.43. The molecule has 1 aliphatic heterocycles. The summed E-state index contributed by atoms with van der Waals surface area (Å²) >= 11 is 0. The lowest BCUT2D eigenvalue weighted by molar-refractivity contribution is -0.122. The van der Waals surface area contributed by atoms with Gasteiger partial charge in [0.1, 0.15) is 6.04 Å². The van der Waals surface area contributed by atoms with Crippen molar-refractivity contribution in [1.82, 2.24) is 5.32 Å². The van der Waals surface area contributed by atoms with Gasteiger partial charge in [0.05, 0.1) is 6.61 Å². The number of carbonyl (C=O) groups is 1. The molecule has 0 saturated carbocycles. The second-order valence-electron chi connectivity index (χ2n) is 5.28. The highest BCUT2D eigenvalue weighted by molar-refractivity contribution is 5.85. The van der Waals surface area contributed by atoms with E-state index in [1.54, 1.807) is 0 Å². The van der Waals surface area contributed by atoms with E-state index in [4.69, 9.17) is 0 Å². The van der Waals surface area contributed by atoms with Crippen molar-refractivity contribution in [2.75, 3.05) is 24.6 Å². The molecular formula is C15H22N2O2. The molecule has 1 saturated heterocycles. The summed E-state index contributed by atoms with van der Waals surface area (Å²) in [5, 5.41) is 12.3. The number of anilines is 1. The lowest BCUT2D eigenvalue weighted by Gasteiger charge is -2.29. The molecule has 0 aromatic heterocycles. The molecule has 4 nitrogen and oxygen atoms in total. The van der Waals surface area contributed by atoms with Crippen LogP contribution in [0.2, 0.25) is 0 Å². The van der Waals surface area contributed by atoms with E-state index in [1.807, 2.05) is 17.0 Å². The minimum absolute atomic E-state index is 0.0899. The smallest absolute Gasteiger partial charge is 0.245 e. The largest absolute Gasteiger partial charge is 0.394 e. The number of hydrogen-bond acceptors (Lipinski definition) is 3. The van der Waals surface area contributed by atoms with Crippen molar-refractivity contribution in [1.29, 1.82) is 0 Å². The summed E-state index contributed by atoms with van der Waals surface area (Å²) in [7, 11) is 0. The number of benzene rings is 1. The van der Waals surface area contributed by atoms with Crippen LogP contribution in [-0.2, 0) is 4.79 Å². The quantitative estimate of drug-likeness (QED) is 0.868. The van der Waals surface area contributed by atoms with Crippen molar-refractivity contribution in [3.05, 3.63) is 29.8 Å². The molecule has 1 heterocycles. The highest BCUT2D eigenvalue weighted by Gasteiger charge is 2.27. The molecule has 2 rings (SSSR count). The fourth-order valence-electron chi connectivity index (χ4n) is 2.42. The molecule has 2 N–H and O–H groups in total. The van der Waals surface area contributed by atoms with E-state index >= 15 is 0 Å². The van der Waals surface area contributed by atoms with Gasteiger partial charge in [-0.05, 0) is 30.0 Å². The van der Waals surface area contributed by atoms with Crippen LogP contribution in [-0.4, -0.2) is 36.8 Å². The van der Waals surface area contributed by atoms with E-state index in [-0.39, 0.29) is 12.5 Å². The van der Waals surface area contributed by atoms with Crippen LogP contribution >= 0.6 is 0 Å². The van der Waals surface area contributed by atoms with E-state index in [0.29, 0.717) is 12.5 Å². The Morgan fingerprint density at radius 2 is 2.05 bits per heavy atom. The first-order chi connectivity index (χ1) is 9.13. The number of aliphatic hydroxyl groups excluding tert-OH is 1.